The Hall–Kier alpha value is -3.53. The van der Waals surface area contributed by atoms with Crippen LogP contribution in [0.3, 0.4) is 0 Å². The van der Waals surface area contributed by atoms with E-state index in [1.165, 1.54) is 5.57 Å². The van der Waals surface area contributed by atoms with Crippen molar-refractivity contribution in [2.24, 2.45) is 4.99 Å². The standard InChI is InChI=1S/C35H45N5O3S/c1-6-24(2)20-31(26-10-13-30(25(3)21-26)35(41)37-27-11-12-27)34-38-33(43-28-8-7-9-29(22-28)44-5)23-32(39(34)4)36-14-15-40-16-18-42-19-17-40/h7-10,13,20-23,27,36H,6,11-12,14-19H2,1-5H3,(H,37,41)/b24-20-,34-31+. The minimum atomic E-state index is -0.00307. The van der Waals surface area contributed by atoms with Crippen molar-refractivity contribution >= 4 is 29.1 Å². The molecule has 0 aromatic heterocycles. The highest BCUT2D eigenvalue weighted by atomic mass is 32.2. The molecule has 2 heterocycles. The van der Waals surface area contributed by atoms with Crippen molar-refractivity contribution in [3.05, 3.63) is 88.5 Å². The van der Waals surface area contributed by atoms with Crippen molar-refractivity contribution in [1.82, 2.24) is 20.4 Å². The van der Waals surface area contributed by atoms with Gasteiger partial charge in [-0.3, -0.25) is 9.69 Å². The number of rotatable bonds is 11. The normalized spacial score (nSPS) is 18.8. The van der Waals surface area contributed by atoms with Crippen molar-refractivity contribution in [1.29, 1.82) is 0 Å². The molecule has 0 spiro atoms. The fourth-order valence-corrected chi connectivity index (χ4v) is 5.61. The topological polar surface area (TPSA) is 78.4 Å². The molecule has 0 unspecified atom stereocenters. The van der Waals surface area contributed by atoms with Crippen molar-refractivity contribution in [3.63, 3.8) is 0 Å². The maximum atomic E-state index is 12.9. The van der Waals surface area contributed by atoms with E-state index in [-0.39, 0.29) is 5.91 Å². The van der Waals surface area contributed by atoms with Gasteiger partial charge in [0.2, 0.25) is 5.90 Å². The van der Waals surface area contributed by atoms with Gasteiger partial charge >= 0.3 is 0 Å². The highest BCUT2D eigenvalue weighted by Crippen LogP contribution is 2.31. The summed E-state index contributed by atoms with van der Waals surface area (Å²) in [6, 6.07) is 14.4. The molecule has 2 aromatic carbocycles. The first-order valence-corrected chi connectivity index (χ1v) is 16.8. The fourth-order valence-electron chi connectivity index (χ4n) is 5.16. The number of benzene rings is 2. The van der Waals surface area contributed by atoms with E-state index in [9.17, 15) is 4.79 Å². The number of amides is 1. The lowest BCUT2D eigenvalue weighted by Crippen LogP contribution is -2.42. The van der Waals surface area contributed by atoms with Gasteiger partial charge in [-0.05, 0) is 74.8 Å². The summed E-state index contributed by atoms with van der Waals surface area (Å²) in [5.41, 5.74) is 4.86. The van der Waals surface area contributed by atoms with Crippen molar-refractivity contribution in [2.45, 2.75) is 51.0 Å². The molecule has 44 heavy (non-hydrogen) atoms. The molecule has 1 saturated heterocycles. The Balaban J connectivity index is 1.51. The molecule has 1 saturated carbocycles. The number of hydrogen-bond acceptors (Lipinski definition) is 8. The van der Waals surface area contributed by atoms with E-state index in [0.29, 0.717) is 17.5 Å². The van der Waals surface area contributed by atoms with Crippen LogP contribution in [0.15, 0.2) is 81.7 Å². The molecule has 1 amide bonds. The molecule has 0 radical (unpaired) electrons. The number of ether oxygens (including phenoxy) is 2. The molecule has 9 heteroatoms. The predicted molar refractivity (Wildman–Crippen MR) is 180 cm³/mol. The van der Waals surface area contributed by atoms with E-state index in [1.54, 1.807) is 11.8 Å². The summed E-state index contributed by atoms with van der Waals surface area (Å²) in [5, 5.41) is 6.77. The van der Waals surface area contributed by atoms with E-state index in [1.807, 2.05) is 50.4 Å². The highest BCUT2D eigenvalue weighted by molar-refractivity contribution is 7.98. The number of aryl methyl sites for hydroxylation is 1. The number of carbonyl (C=O) groups excluding carboxylic acids is 1. The summed E-state index contributed by atoms with van der Waals surface area (Å²) in [7, 11) is 2.04. The largest absolute Gasteiger partial charge is 0.439 e. The highest BCUT2D eigenvalue weighted by Gasteiger charge is 2.26. The van der Waals surface area contributed by atoms with Crippen LogP contribution in [0.4, 0.5) is 0 Å². The first-order valence-electron chi connectivity index (χ1n) is 15.6. The Morgan fingerprint density at radius 2 is 1.98 bits per heavy atom. The molecule has 5 rings (SSSR count). The molecule has 0 atom stereocenters. The summed E-state index contributed by atoms with van der Waals surface area (Å²) < 4.78 is 11.9. The van der Waals surface area contributed by atoms with Crippen LogP contribution in [-0.4, -0.2) is 80.3 Å². The minimum Gasteiger partial charge on any atom is -0.439 e. The predicted octanol–water partition coefficient (Wildman–Crippen LogP) is 5.82. The second-order valence-electron chi connectivity index (χ2n) is 11.6. The van der Waals surface area contributed by atoms with Crippen LogP contribution >= 0.6 is 11.8 Å². The number of allylic oxidation sites excluding steroid dienone is 3. The maximum Gasteiger partial charge on any atom is 0.251 e. The van der Waals surface area contributed by atoms with Crippen LogP contribution in [0.5, 0.6) is 5.75 Å². The van der Waals surface area contributed by atoms with Crippen LogP contribution in [0.25, 0.3) is 5.57 Å². The van der Waals surface area contributed by atoms with Crippen molar-refractivity contribution in [2.75, 3.05) is 52.7 Å². The SMILES string of the molecule is CC/C(C)=C\C(=C1\N=C(Oc2cccc(SC)c2)C=C(NCCN2CCOCC2)N1C)c1ccc(C(=O)NC2CC2)c(C)c1. The second-order valence-corrected chi connectivity index (χ2v) is 12.4. The van der Waals surface area contributed by atoms with E-state index >= 15 is 0 Å². The van der Waals surface area contributed by atoms with Gasteiger partial charge in [0.1, 0.15) is 17.4 Å². The monoisotopic (exact) mass is 615 g/mol. The Morgan fingerprint density at radius 3 is 2.68 bits per heavy atom. The number of carbonyl (C=O) groups is 1. The average Bonchev–Trinajstić information content (AvgIpc) is 3.85. The molecule has 2 aliphatic heterocycles. The molecule has 8 nitrogen and oxygen atoms in total. The Kier molecular flexibility index (Phi) is 10.8. The van der Waals surface area contributed by atoms with Crippen LogP contribution in [-0.2, 0) is 4.74 Å². The van der Waals surface area contributed by atoms with Gasteiger partial charge in [-0.25, -0.2) is 0 Å². The van der Waals surface area contributed by atoms with Gasteiger partial charge < -0.3 is 25.0 Å². The molecular formula is C35H45N5O3S. The van der Waals surface area contributed by atoms with Crippen molar-refractivity contribution in [3.8, 4) is 5.75 Å². The van der Waals surface area contributed by atoms with E-state index in [0.717, 1.165) is 97.6 Å². The average molecular weight is 616 g/mol. The summed E-state index contributed by atoms with van der Waals surface area (Å²) >= 11 is 1.68. The first-order chi connectivity index (χ1) is 21.3. The quantitative estimate of drug-likeness (QED) is 0.309. The third-order valence-corrected chi connectivity index (χ3v) is 8.87. The van der Waals surface area contributed by atoms with Crippen LogP contribution in [0, 0.1) is 6.92 Å². The van der Waals surface area contributed by atoms with Gasteiger partial charge in [-0.2, -0.15) is 4.99 Å². The molecular weight excluding hydrogens is 570 g/mol. The molecule has 234 valence electrons. The van der Waals surface area contributed by atoms with E-state index in [4.69, 9.17) is 14.5 Å². The summed E-state index contributed by atoms with van der Waals surface area (Å²) in [4.78, 5) is 23.6. The Labute approximate surface area is 266 Å². The molecule has 2 aromatic rings. The number of nitrogens with zero attached hydrogens (tertiary/aromatic N) is 3. The summed E-state index contributed by atoms with van der Waals surface area (Å²) in [5.74, 6) is 2.95. The van der Waals surface area contributed by atoms with Gasteiger partial charge in [0.05, 0.1) is 13.2 Å². The zero-order valence-corrected chi connectivity index (χ0v) is 27.4. The Morgan fingerprint density at radius 1 is 1.18 bits per heavy atom. The minimum absolute atomic E-state index is 0.00307. The lowest BCUT2D eigenvalue weighted by Gasteiger charge is -2.31. The second kappa shape index (κ2) is 15.0. The number of nitrogens with one attached hydrogen (secondary N) is 2. The smallest absolute Gasteiger partial charge is 0.251 e. The molecule has 2 N–H and O–H groups in total. The van der Waals surface area contributed by atoms with Crippen LogP contribution in [0.2, 0.25) is 0 Å². The zero-order valence-electron chi connectivity index (χ0n) is 26.6. The van der Waals surface area contributed by atoms with Crippen LogP contribution < -0.4 is 15.4 Å². The van der Waals surface area contributed by atoms with Gasteiger partial charge in [0.15, 0.2) is 0 Å². The number of morpholine rings is 1. The molecule has 0 bridgehead atoms. The molecule has 1 aliphatic carbocycles. The van der Waals surface area contributed by atoms with Gasteiger partial charge in [0, 0.05) is 61.4 Å². The first kappa shape index (κ1) is 31.9. The maximum absolute atomic E-state index is 12.9. The van der Waals surface area contributed by atoms with Crippen molar-refractivity contribution < 1.29 is 14.3 Å². The number of thioether (sulfide) groups is 1. The number of hydrogen-bond donors (Lipinski definition) is 2. The zero-order chi connectivity index (χ0) is 31.1. The molecule has 3 aliphatic rings. The fraction of sp³-hybridized carbons (Fsp3) is 0.429. The van der Waals surface area contributed by atoms with E-state index in [2.05, 4.69) is 58.7 Å². The third-order valence-electron chi connectivity index (χ3n) is 8.14. The number of aliphatic imine (C=N–C) groups is 1. The Bertz CT molecular complexity index is 1470. The van der Waals surface area contributed by atoms with Gasteiger partial charge in [-0.15, -0.1) is 11.8 Å². The van der Waals surface area contributed by atoms with Crippen LogP contribution in [0.1, 0.15) is 54.6 Å². The third kappa shape index (κ3) is 8.34. The van der Waals surface area contributed by atoms with E-state index < -0.39 is 0 Å². The van der Waals surface area contributed by atoms with Gasteiger partial charge in [0.25, 0.3) is 5.91 Å². The lowest BCUT2D eigenvalue weighted by atomic mass is 9.97. The summed E-state index contributed by atoms with van der Waals surface area (Å²) in [6.07, 6.45) is 9.27. The van der Waals surface area contributed by atoms with Gasteiger partial charge in [-0.1, -0.05) is 36.8 Å². The summed E-state index contributed by atoms with van der Waals surface area (Å²) in [6.45, 7) is 11.5. The lowest BCUT2D eigenvalue weighted by molar-refractivity contribution is 0.0385. The molecule has 2 fully saturated rings.